The molecular formula is C11H16O2. The van der Waals surface area contributed by atoms with Crippen LogP contribution >= 0.6 is 0 Å². The van der Waals surface area contributed by atoms with E-state index in [1.165, 1.54) is 6.08 Å². The lowest BCUT2D eigenvalue weighted by atomic mass is 10.2. The van der Waals surface area contributed by atoms with Gasteiger partial charge in [0.15, 0.2) is 0 Å². The molecule has 0 fully saturated rings. The predicted molar refractivity (Wildman–Crippen MR) is 54.3 cm³/mol. The minimum atomic E-state index is -0.362. The minimum absolute atomic E-state index is 0.0540. The molecule has 1 atom stereocenters. The van der Waals surface area contributed by atoms with Gasteiger partial charge in [0.05, 0.1) is 0 Å². The Labute approximate surface area is 79.6 Å². The van der Waals surface area contributed by atoms with Gasteiger partial charge in [0.25, 0.3) is 0 Å². The maximum atomic E-state index is 10.8. The van der Waals surface area contributed by atoms with Gasteiger partial charge in [0.1, 0.15) is 6.10 Å². The maximum Gasteiger partial charge on any atom is 0.330 e. The third kappa shape index (κ3) is 5.91. The fourth-order valence-electron chi connectivity index (χ4n) is 0.837. The number of hydrogen-bond acceptors (Lipinski definition) is 2. The van der Waals surface area contributed by atoms with E-state index in [2.05, 4.69) is 13.2 Å². The summed E-state index contributed by atoms with van der Waals surface area (Å²) < 4.78 is 5.05. The van der Waals surface area contributed by atoms with Crippen LogP contribution in [-0.2, 0) is 9.53 Å². The Hall–Kier alpha value is -1.31. The van der Waals surface area contributed by atoms with Gasteiger partial charge < -0.3 is 4.74 Å². The van der Waals surface area contributed by atoms with Crippen molar-refractivity contribution in [1.29, 1.82) is 0 Å². The van der Waals surface area contributed by atoms with E-state index in [1.54, 1.807) is 6.08 Å². The molecule has 0 aliphatic rings. The van der Waals surface area contributed by atoms with Crippen LogP contribution in [0.1, 0.15) is 19.8 Å². The first-order valence-electron chi connectivity index (χ1n) is 4.35. The van der Waals surface area contributed by atoms with Crippen molar-refractivity contribution in [3.8, 4) is 0 Å². The van der Waals surface area contributed by atoms with Crippen molar-refractivity contribution in [2.75, 3.05) is 0 Å². The minimum Gasteiger partial charge on any atom is -0.459 e. The summed E-state index contributed by atoms with van der Waals surface area (Å²) in [6.45, 7) is 8.86. The first kappa shape index (κ1) is 11.7. The van der Waals surface area contributed by atoms with Crippen LogP contribution in [0.2, 0.25) is 0 Å². The topological polar surface area (TPSA) is 26.3 Å². The van der Waals surface area contributed by atoms with Gasteiger partial charge in [-0.05, 0) is 6.42 Å². The standard InChI is InChI=1S/C11H16O2/c1-4-7-8-9-10(5-2)13-11(12)6-3/h4,6-8,10H,1,3,5,9H2,2H3. The highest BCUT2D eigenvalue weighted by atomic mass is 16.5. The van der Waals surface area contributed by atoms with Crippen LogP contribution in [0.15, 0.2) is 37.5 Å². The van der Waals surface area contributed by atoms with E-state index >= 15 is 0 Å². The number of ether oxygens (including phenoxy) is 1. The molecule has 13 heavy (non-hydrogen) atoms. The summed E-state index contributed by atoms with van der Waals surface area (Å²) in [5, 5.41) is 0. The Morgan fingerprint density at radius 3 is 2.69 bits per heavy atom. The normalized spacial score (nSPS) is 12.4. The van der Waals surface area contributed by atoms with Crippen molar-refractivity contribution in [1.82, 2.24) is 0 Å². The van der Waals surface area contributed by atoms with Crippen LogP contribution < -0.4 is 0 Å². The number of esters is 1. The summed E-state index contributed by atoms with van der Waals surface area (Å²) in [5.74, 6) is -0.362. The molecule has 2 nitrogen and oxygen atoms in total. The molecule has 1 unspecified atom stereocenters. The molecule has 0 amide bonds. The molecule has 72 valence electrons. The van der Waals surface area contributed by atoms with Crippen molar-refractivity contribution >= 4 is 5.97 Å². The third-order valence-corrected chi connectivity index (χ3v) is 1.58. The Bertz CT molecular complexity index is 204. The predicted octanol–water partition coefficient (Wildman–Crippen LogP) is 2.63. The zero-order valence-electron chi connectivity index (χ0n) is 8.03. The highest BCUT2D eigenvalue weighted by Crippen LogP contribution is 2.05. The molecular weight excluding hydrogens is 164 g/mol. The largest absolute Gasteiger partial charge is 0.459 e. The zero-order chi connectivity index (χ0) is 10.1. The van der Waals surface area contributed by atoms with Crippen molar-refractivity contribution in [3.05, 3.63) is 37.5 Å². The van der Waals surface area contributed by atoms with Crippen molar-refractivity contribution < 1.29 is 9.53 Å². The monoisotopic (exact) mass is 180 g/mol. The fraction of sp³-hybridized carbons (Fsp3) is 0.364. The second kappa shape index (κ2) is 7.35. The van der Waals surface area contributed by atoms with E-state index < -0.39 is 0 Å². The van der Waals surface area contributed by atoms with E-state index in [9.17, 15) is 4.79 Å². The van der Waals surface area contributed by atoms with Gasteiger partial charge in [-0.1, -0.05) is 38.3 Å². The molecule has 0 N–H and O–H groups in total. The molecule has 2 heteroatoms. The molecule has 0 aliphatic heterocycles. The lowest BCUT2D eigenvalue weighted by Gasteiger charge is -2.12. The number of hydrogen-bond donors (Lipinski definition) is 0. The molecule has 0 aromatic rings. The Morgan fingerprint density at radius 2 is 2.23 bits per heavy atom. The number of allylic oxidation sites excluding steroid dienone is 2. The first-order valence-corrected chi connectivity index (χ1v) is 4.35. The molecule has 0 aliphatic carbocycles. The van der Waals surface area contributed by atoms with Crippen molar-refractivity contribution in [2.45, 2.75) is 25.9 Å². The van der Waals surface area contributed by atoms with Crippen molar-refractivity contribution in [2.24, 2.45) is 0 Å². The molecule has 0 radical (unpaired) electrons. The molecule has 0 saturated heterocycles. The van der Waals surface area contributed by atoms with Crippen LogP contribution in [0.4, 0.5) is 0 Å². The summed E-state index contributed by atoms with van der Waals surface area (Å²) in [7, 11) is 0. The second-order valence-corrected chi connectivity index (χ2v) is 2.57. The van der Waals surface area contributed by atoms with Crippen LogP contribution in [0, 0.1) is 0 Å². The highest BCUT2D eigenvalue weighted by molar-refractivity contribution is 5.81. The summed E-state index contributed by atoms with van der Waals surface area (Å²) in [6, 6.07) is 0. The van der Waals surface area contributed by atoms with E-state index in [0.29, 0.717) is 0 Å². The SMILES string of the molecule is C=CC=CCC(CC)OC(=O)C=C. The van der Waals surface area contributed by atoms with E-state index in [-0.39, 0.29) is 12.1 Å². The lowest BCUT2D eigenvalue weighted by molar-refractivity contribution is -0.142. The molecule has 0 rings (SSSR count). The van der Waals surface area contributed by atoms with E-state index in [4.69, 9.17) is 4.74 Å². The van der Waals surface area contributed by atoms with Crippen molar-refractivity contribution in [3.63, 3.8) is 0 Å². The highest BCUT2D eigenvalue weighted by Gasteiger charge is 2.07. The van der Waals surface area contributed by atoms with E-state index in [0.717, 1.165) is 12.8 Å². The fourth-order valence-corrected chi connectivity index (χ4v) is 0.837. The van der Waals surface area contributed by atoms with Gasteiger partial charge >= 0.3 is 5.97 Å². The summed E-state index contributed by atoms with van der Waals surface area (Å²) >= 11 is 0. The second-order valence-electron chi connectivity index (χ2n) is 2.57. The first-order chi connectivity index (χ1) is 6.24. The Balaban J connectivity index is 3.88. The lowest BCUT2D eigenvalue weighted by Crippen LogP contribution is -2.14. The van der Waals surface area contributed by atoms with E-state index in [1.807, 2.05) is 19.1 Å². The average Bonchev–Trinajstić information content (AvgIpc) is 2.16. The number of carbonyl (C=O) groups excluding carboxylic acids is 1. The zero-order valence-corrected chi connectivity index (χ0v) is 8.03. The number of rotatable bonds is 6. The third-order valence-electron chi connectivity index (χ3n) is 1.58. The quantitative estimate of drug-likeness (QED) is 0.357. The van der Waals surface area contributed by atoms with Gasteiger partial charge in [-0.3, -0.25) is 0 Å². The molecule has 0 aromatic carbocycles. The van der Waals surface area contributed by atoms with Gasteiger partial charge in [0, 0.05) is 12.5 Å². The molecule has 0 saturated carbocycles. The van der Waals surface area contributed by atoms with Crippen LogP contribution in [-0.4, -0.2) is 12.1 Å². The summed E-state index contributed by atoms with van der Waals surface area (Å²) in [5.41, 5.74) is 0. The smallest absolute Gasteiger partial charge is 0.330 e. The van der Waals surface area contributed by atoms with Crippen LogP contribution in [0.5, 0.6) is 0 Å². The van der Waals surface area contributed by atoms with Crippen LogP contribution in [0.25, 0.3) is 0 Å². The van der Waals surface area contributed by atoms with Gasteiger partial charge in [0.2, 0.25) is 0 Å². The Kier molecular flexibility index (Phi) is 6.60. The molecule has 0 heterocycles. The molecule has 0 spiro atoms. The average molecular weight is 180 g/mol. The maximum absolute atomic E-state index is 10.8. The van der Waals surface area contributed by atoms with Gasteiger partial charge in [-0.2, -0.15) is 0 Å². The number of carbonyl (C=O) groups is 1. The van der Waals surface area contributed by atoms with Crippen LogP contribution in [0.3, 0.4) is 0 Å². The Morgan fingerprint density at radius 1 is 1.54 bits per heavy atom. The summed E-state index contributed by atoms with van der Waals surface area (Å²) in [6.07, 6.45) is 8.12. The van der Waals surface area contributed by atoms with Gasteiger partial charge in [-0.15, -0.1) is 0 Å². The van der Waals surface area contributed by atoms with Gasteiger partial charge in [-0.25, -0.2) is 4.79 Å². The molecule has 0 bridgehead atoms. The summed E-state index contributed by atoms with van der Waals surface area (Å²) in [4.78, 5) is 10.8. The molecule has 0 aromatic heterocycles.